The van der Waals surface area contributed by atoms with Gasteiger partial charge in [0.25, 0.3) is 0 Å². The number of imidazole rings is 1. The quantitative estimate of drug-likeness (QED) is 0.720. The van der Waals surface area contributed by atoms with Gasteiger partial charge in [-0.25, -0.2) is 15.0 Å². The zero-order valence-corrected chi connectivity index (χ0v) is 11.2. The molecule has 0 aliphatic carbocycles. The molecule has 0 saturated heterocycles. The van der Waals surface area contributed by atoms with E-state index in [2.05, 4.69) is 60.1 Å². The zero-order chi connectivity index (χ0) is 10.1. The van der Waals surface area contributed by atoms with Gasteiger partial charge in [-0.1, -0.05) is 0 Å². The van der Waals surface area contributed by atoms with Crippen molar-refractivity contribution in [2.24, 2.45) is 0 Å². The maximum absolute atomic E-state index is 5.49. The molecule has 0 radical (unpaired) electrons. The van der Waals surface area contributed by atoms with Gasteiger partial charge in [0.2, 0.25) is 5.95 Å². The van der Waals surface area contributed by atoms with Crippen LogP contribution in [-0.2, 0) is 0 Å². The van der Waals surface area contributed by atoms with Crippen molar-refractivity contribution in [2.75, 3.05) is 5.73 Å². The summed E-state index contributed by atoms with van der Waals surface area (Å²) in [5, 5.41) is 0. The summed E-state index contributed by atoms with van der Waals surface area (Å²) in [4.78, 5) is 12.3. The van der Waals surface area contributed by atoms with Crippen LogP contribution in [-0.4, -0.2) is 19.5 Å². The Morgan fingerprint density at radius 3 is 2.29 bits per heavy atom. The maximum Gasteiger partial charge on any atom is 0.235 e. The number of aromatic nitrogens is 4. The third-order valence-electron chi connectivity index (χ3n) is 1.54. The number of hydrogen-bond donors (Lipinski definition) is 1. The lowest BCUT2D eigenvalue weighted by atomic mass is 10.6. The minimum absolute atomic E-state index is 0.554. The fourth-order valence-corrected chi connectivity index (χ4v) is 1.77. The van der Waals surface area contributed by atoms with E-state index in [0.29, 0.717) is 11.6 Å². The van der Waals surface area contributed by atoms with E-state index in [9.17, 15) is 0 Å². The van der Waals surface area contributed by atoms with Crippen molar-refractivity contribution < 1.29 is 0 Å². The van der Waals surface area contributed by atoms with Crippen LogP contribution in [0, 0.1) is 7.40 Å². The summed E-state index contributed by atoms with van der Waals surface area (Å²) in [5.74, 6) is 0.582. The van der Waals surface area contributed by atoms with Crippen molar-refractivity contribution in [3.05, 3.63) is 26.1 Å². The molecular formula is C7H5I2N5. The van der Waals surface area contributed by atoms with Crippen LogP contribution in [0.5, 0.6) is 0 Å². The molecule has 0 saturated carbocycles. The van der Waals surface area contributed by atoms with E-state index in [-0.39, 0.29) is 0 Å². The number of rotatable bonds is 1. The van der Waals surface area contributed by atoms with E-state index in [1.807, 2.05) is 4.57 Å². The molecule has 0 atom stereocenters. The van der Waals surface area contributed by atoms with Crippen molar-refractivity contribution in [1.82, 2.24) is 19.5 Å². The molecule has 0 fully saturated rings. The fourth-order valence-electron chi connectivity index (χ4n) is 0.907. The number of nitrogens with two attached hydrogens (primary N) is 1. The highest BCUT2D eigenvalue weighted by Crippen LogP contribution is 2.15. The van der Waals surface area contributed by atoms with Crippen LogP contribution in [0.15, 0.2) is 18.7 Å². The second-order valence-electron chi connectivity index (χ2n) is 2.51. The van der Waals surface area contributed by atoms with E-state index in [1.54, 1.807) is 18.7 Å². The molecular weight excluding hydrogens is 408 g/mol. The van der Waals surface area contributed by atoms with Crippen molar-refractivity contribution in [1.29, 1.82) is 0 Å². The lowest BCUT2D eigenvalue weighted by molar-refractivity contribution is 0.908. The van der Waals surface area contributed by atoms with Gasteiger partial charge in [0, 0.05) is 0 Å². The van der Waals surface area contributed by atoms with E-state index in [1.165, 1.54) is 0 Å². The monoisotopic (exact) mass is 413 g/mol. The van der Waals surface area contributed by atoms with Crippen molar-refractivity contribution in [3.8, 4) is 5.95 Å². The average molecular weight is 413 g/mol. The number of halogens is 2. The molecule has 0 aromatic carbocycles. The molecule has 72 valence electrons. The molecule has 0 aliphatic rings. The smallest absolute Gasteiger partial charge is 0.235 e. The van der Waals surface area contributed by atoms with Crippen molar-refractivity contribution in [2.45, 2.75) is 0 Å². The van der Waals surface area contributed by atoms with Gasteiger partial charge >= 0.3 is 0 Å². The van der Waals surface area contributed by atoms with Gasteiger partial charge in [0.05, 0.1) is 18.1 Å². The van der Waals surface area contributed by atoms with Crippen LogP contribution < -0.4 is 5.73 Å². The van der Waals surface area contributed by atoms with Gasteiger partial charge in [-0.15, -0.1) is 0 Å². The largest absolute Gasteiger partial charge is 0.396 e. The topological polar surface area (TPSA) is 69.6 Å². The molecule has 0 spiro atoms. The van der Waals surface area contributed by atoms with Gasteiger partial charge < -0.3 is 5.73 Å². The summed E-state index contributed by atoms with van der Waals surface area (Å²) in [6, 6.07) is 0. The summed E-state index contributed by atoms with van der Waals surface area (Å²) in [6.45, 7) is 0. The first kappa shape index (κ1) is 10.1. The number of nitrogen functional groups attached to an aromatic ring is 1. The lowest BCUT2D eigenvalue weighted by Crippen LogP contribution is -2.02. The second-order valence-corrected chi connectivity index (χ2v) is 4.56. The third kappa shape index (κ3) is 1.82. The molecule has 0 amide bonds. The summed E-state index contributed by atoms with van der Waals surface area (Å²) >= 11 is 4.35. The fraction of sp³-hybridized carbons (Fsp3) is 0. The van der Waals surface area contributed by atoms with Crippen LogP contribution >= 0.6 is 45.2 Å². The highest BCUT2D eigenvalue weighted by Gasteiger charge is 2.08. The molecule has 14 heavy (non-hydrogen) atoms. The highest BCUT2D eigenvalue weighted by molar-refractivity contribution is 14.1. The van der Waals surface area contributed by atoms with Crippen LogP contribution in [0.4, 0.5) is 5.69 Å². The number of anilines is 1. The standard InChI is InChI=1S/C7H5I2N5/c8-5-6(9)14(3-13-5)7-11-1-4(10)2-12-7/h1-3H,10H2. The predicted molar refractivity (Wildman–Crippen MR) is 69.0 cm³/mol. The normalized spacial score (nSPS) is 10.4. The molecule has 0 unspecified atom stereocenters. The highest BCUT2D eigenvalue weighted by atomic mass is 127. The van der Waals surface area contributed by atoms with E-state index < -0.39 is 0 Å². The summed E-state index contributed by atoms with van der Waals surface area (Å²) in [7, 11) is 0. The number of hydrogen-bond acceptors (Lipinski definition) is 4. The Labute approximate surface area is 107 Å². The van der Waals surface area contributed by atoms with E-state index in [4.69, 9.17) is 5.73 Å². The van der Waals surface area contributed by atoms with Crippen molar-refractivity contribution in [3.63, 3.8) is 0 Å². The van der Waals surface area contributed by atoms with E-state index >= 15 is 0 Å². The Hall–Kier alpha value is -0.450. The molecule has 0 aliphatic heterocycles. The van der Waals surface area contributed by atoms with Crippen LogP contribution in [0.3, 0.4) is 0 Å². The molecule has 7 heteroatoms. The SMILES string of the molecule is Nc1cnc(-n2cnc(I)c2I)nc1. The summed E-state index contributed by atoms with van der Waals surface area (Å²) in [5.41, 5.74) is 6.05. The maximum atomic E-state index is 5.49. The third-order valence-corrected chi connectivity index (χ3v) is 4.39. The Bertz CT molecular complexity index is 450. The average Bonchev–Trinajstić information content (AvgIpc) is 2.50. The Morgan fingerprint density at radius 1 is 1.14 bits per heavy atom. The lowest BCUT2D eigenvalue weighted by Gasteiger charge is -2.01. The summed E-state index contributed by atoms with van der Waals surface area (Å²) in [6.07, 6.45) is 4.84. The van der Waals surface area contributed by atoms with Gasteiger partial charge in [0.1, 0.15) is 13.7 Å². The molecule has 2 rings (SSSR count). The molecule has 2 aromatic rings. The van der Waals surface area contributed by atoms with Gasteiger partial charge in [-0.05, 0) is 45.2 Å². The minimum Gasteiger partial charge on any atom is -0.396 e. The predicted octanol–water partition coefficient (Wildman–Crippen LogP) is 1.45. The van der Waals surface area contributed by atoms with Gasteiger partial charge in [0.15, 0.2) is 0 Å². The Balaban J connectivity index is 2.49. The molecule has 5 nitrogen and oxygen atoms in total. The zero-order valence-electron chi connectivity index (χ0n) is 6.85. The summed E-state index contributed by atoms with van der Waals surface area (Å²) < 4.78 is 3.73. The first-order valence-electron chi connectivity index (χ1n) is 3.64. The molecule has 2 N–H and O–H groups in total. The second kappa shape index (κ2) is 3.96. The van der Waals surface area contributed by atoms with E-state index in [0.717, 1.165) is 7.40 Å². The molecule has 2 heterocycles. The number of nitrogens with zero attached hydrogens (tertiary/aromatic N) is 4. The van der Waals surface area contributed by atoms with Crippen LogP contribution in [0.25, 0.3) is 5.95 Å². The van der Waals surface area contributed by atoms with Crippen LogP contribution in [0.1, 0.15) is 0 Å². The first-order chi connectivity index (χ1) is 6.68. The minimum atomic E-state index is 0.554. The van der Waals surface area contributed by atoms with Gasteiger partial charge in [-0.3, -0.25) is 4.57 Å². The Morgan fingerprint density at radius 2 is 1.79 bits per heavy atom. The van der Waals surface area contributed by atoms with Crippen molar-refractivity contribution >= 4 is 50.9 Å². The first-order valence-corrected chi connectivity index (χ1v) is 5.80. The molecule has 0 bridgehead atoms. The Kier molecular flexibility index (Phi) is 2.85. The van der Waals surface area contributed by atoms with Crippen LogP contribution in [0.2, 0.25) is 0 Å². The molecule has 2 aromatic heterocycles. The van der Waals surface area contributed by atoms with Gasteiger partial charge in [-0.2, -0.15) is 0 Å².